The Hall–Kier alpha value is -7.24. The molecular weight excluding hydrogens is 649 g/mol. The second-order valence-corrected chi connectivity index (χ2v) is 13.7. The predicted molar refractivity (Wildman–Crippen MR) is 218 cm³/mol. The van der Waals surface area contributed by atoms with E-state index in [1.54, 1.807) is 0 Å². The van der Waals surface area contributed by atoms with Crippen LogP contribution in [-0.2, 0) is 0 Å². The zero-order valence-corrected chi connectivity index (χ0v) is 28.4. The fraction of sp³-hybridized carbons (Fsp3) is 0. The number of hydrogen-bond acceptors (Lipinski definition) is 3. The monoisotopic (exact) mass is 676 g/mol. The fourth-order valence-electron chi connectivity index (χ4n) is 8.70. The molecule has 0 aliphatic heterocycles. The van der Waals surface area contributed by atoms with Crippen LogP contribution in [0.4, 0.5) is 0 Å². The zero-order valence-electron chi connectivity index (χ0n) is 28.4. The second kappa shape index (κ2) is 10.6. The van der Waals surface area contributed by atoms with Crippen molar-refractivity contribution in [3.8, 4) is 22.9 Å². The Morgan fingerprint density at radius 2 is 1.09 bits per heavy atom. The Balaban J connectivity index is 1.30. The highest BCUT2D eigenvalue weighted by molar-refractivity contribution is 6.31. The third kappa shape index (κ3) is 3.91. The summed E-state index contributed by atoms with van der Waals surface area (Å²) in [6, 6.07) is 59.8. The van der Waals surface area contributed by atoms with Gasteiger partial charge in [-0.05, 0) is 59.3 Å². The van der Waals surface area contributed by atoms with Gasteiger partial charge in [-0.1, -0.05) is 121 Å². The van der Waals surface area contributed by atoms with Gasteiger partial charge < -0.3 is 8.98 Å². The van der Waals surface area contributed by atoms with E-state index in [9.17, 15) is 0 Å². The summed E-state index contributed by atoms with van der Waals surface area (Å²) in [5.74, 6) is 0.640. The maximum Gasteiger partial charge on any atom is 0.235 e. The van der Waals surface area contributed by atoms with Crippen LogP contribution in [0, 0.1) is 0 Å². The molecule has 0 spiro atoms. The summed E-state index contributed by atoms with van der Waals surface area (Å²) in [5.41, 5.74) is 10.1. The number of fused-ring (bicyclic) bond motifs is 14. The lowest BCUT2D eigenvalue weighted by molar-refractivity contribution is 0.669. The highest BCUT2D eigenvalue weighted by Gasteiger charge is 2.25. The van der Waals surface area contributed by atoms with E-state index in [1.807, 2.05) is 6.07 Å². The molecule has 4 aromatic heterocycles. The average Bonchev–Trinajstić information content (AvgIpc) is 3.88. The first-order chi connectivity index (χ1) is 26.3. The average molecular weight is 677 g/mol. The van der Waals surface area contributed by atoms with E-state index in [0.717, 1.165) is 98.8 Å². The second-order valence-electron chi connectivity index (χ2n) is 13.7. The lowest BCUT2D eigenvalue weighted by Gasteiger charge is -2.14. The molecule has 8 aromatic carbocycles. The van der Waals surface area contributed by atoms with Gasteiger partial charge in [-0.15, -0.1) is 0 Å². The molecule has 0 fully saturated rings. The number of para-hydroxylation sites is 3. The maximum absolute atomic E-state index is 6.46. The third-order valence-corrected chi connectivity index (χ3v) is 10.9. The molecule has 12 rings (SSSR count). The first-order valence-corrected chi connectivity index (χ1v) is 17.9. The van der Waals surface area contributed by atoms with Crippen LogP contribution in [0.3, 0.4) is 0 Å². The van der Waals surface area contributed by atoms with Crippen LogP contribution in [-0.4, -0.2) is 19.1 Å². The summed E-state index contributed by atoms with van der Waals surface area (Å²) in [4.78, 5) is 10.9. The van der Waals surface area contributed by atoms with E-state index >= 15 is 0 Å². The predicted octanol–water partition coefficient (Wildman–Crippen LogP) is 12.5. The SMILES string of the molecule is c1ccc(-c2nc(-n3c4ccccc4c4ccc5c(c6ccc7oc8ccccc8c7c6n5-c5ccccc5)c43)nc3ccc4ccccc4c23)cc1. The molecule has 0 saturated carbocycles. The molecule has 0 saturated heterocycles. The smallest absolute Gasteiger partial charge is 0.235 e. The van der Waals surface area contributed by atoms with Gasteiger partial charge in [0.15, 0.2) is 0 Å². The van der Waals surface area contributed by atoms with Crippen LogP contribution in [0.1, 0.15) is 0 Å². The first kappa shape index (κ1) is 28.5. The van der Waals surface area contributed by atoms with Gasteiger partial charge in [-0.3, -0.25) is 4.57 Å². The van der Waals surface area contributed by atoms with Crippen molar-refractivity contribution in [2.45, 2.75) is 0 Å². The lowest BCUT2D eigenvalue weighted by atomic mass is 10.0. The summed E-state index contributed by atoms with van der Waals surface area (Å²) >= 11 is 0. The number of nitrogens with zero attached hydrogens (tertiary/aromatic N) is 4. The van der Waals surface area contributed by atoms with Crippen molar-refractivity contribution in [2.75, 3.05) is 0 Å². The molecule has 0 radical (unpaired) electrons. The number of benzene rings is 8. The van der Waals surface area contributed by atoms with Gasteiger partial charge in [-0.2, -0.15) is 0 Å². The molecule has 4 heterocycles. The summed E-state index contributed by atoms with van der Waals surface area (Å²) in [5, 5.41) is 10.2. The summed E-state index contributed by atoms with van der Waals surface area (Å²) in [7, 11) is 0. The van der Waals surface area contributed by atoms with Crippen molar-refractivity contribution in [1.82, 2.24) is 19.1 Å². The van der Waals surface area contributed by atoms with E-state index in [0.29, 0.717) is 5.95 Å². The topological polar surface area (TPSA) is 48.8 Å². The van der Waals surface area contributed by atoms with E-state index in [2.05, 4.69) is 173 Å². The number of hydrogen-bond donors (Lipinski definition) is 0. The zero-order chi connectivity index (χ0) is 34.6. The van der Waals surface area contributed by atoms with Gasteiger partial charge >= 0.3 is 0 Å². The van der Waals surface area contributed by atoms with Crippen molar-refractivity contribution < 1.29 is 4.42 Å². The van der Waals surface area contributed by atoms with Gasteiger partial charge in [0.2, 0.25) is 5.95 Å². The van der Waals surface area contributed by atoms with Gasteiger partial charge in [0, 0.05) is 43.6 Å². The third-order valence-electron chi connectivity index (χ3n) is 10.9. The highest BCUT2D eigenvalue weighted by Crippen LogP contribution is 2.45. The van der Waals surface area contributed by atoms with Crippen molar-refractivity contribution in [3.05, 3.63) is 170 Å². The molecule has 0 bridgehead atoms. The molecule has 0 aliphatic carbocycles. The summed E-state index contributed by atoms with van der Waals surface area (Å²) in [6.45, 7) is 0. The van der Waals surface area contributed by atoms with Gasteiger partial charge in [0.25, 0.3) is 0 Å². The normalized spacial score (nSPS) is 12.2. The quantitative estimate of drug-likeness (QED) is 0.175. The van der Waals surface area contributed by atoms with Crippen LogP contribution in [0.15, 0.2) is 174 Å². The largest absolute Gasteiger partial charge is 0.456 e. The van der Waals surface area contributed by atoms with Crippen LogP contribution in [0.5, 0.6) is 0 Å². The minimum absolute atomic E-state index is 0.640. The minimum Gasteiger partial charge on any atom is -0.456 e. The Labute approximate surface area is 302 Å². The van der Waals surface area contributed by atoms with Crippen LogP contribution in [0.25, 0.3) is 110 Å². The van der Waals surface area contributed by atoms with Crippen molar-refractivity contribution in [2.24, 2.45) is 0 Å². The van der Waals surface area contributed by atoms with E-state index in [1.165, 1.54) is 5.39 Å². The number of furan rings is 1. The Morgan fingerprint density at radius 1 is 0.396 bits per heavy atom. The van der Waals surface area contributed by atoms with E-state index < -0.39 is 0 Å². The molecule has 0 atom stereocenters. The Kier molecular flexibility index (Phi) is 5.71. The van der Waals surface area contributed by atoms with Crippen molar-refractivity contribution in [3.63, 3.8) is 0 Å². The summed E-state index contributed by atoms with van der Waals surface area (Å²) < 4.78 is 11.2. The molecule has 0 unspecified atom stereocenters. The molecule has 0 N–H and O–H groups in total. The van der Waals surface area contributed by atoms with Crippen molar-refractivity contribution >= 4 is 87.2 Å². The Morgan fingerprint density at radius 3 is 1.96 bits per heavy atom. The lowest BCUT2D eigenvalue weighted by Crippen LogP contribution is -2.04. The van der Waals surface area contributed by atoms with Crippen molar-refractivity contribution in [1.29, 1.82) is 0 Å². The fourth-order valence-corrected chi connectivity index (χ4v) is 8.70. The van der Waals surface area contributed by atoms with E-state index in [4.69, 9.17) is 14.4 Å². The maximum atomic E-state index is 6.46. The standard InChI is InChI=1S/C48H28N4O/c1-3-14-30(15-4-1)45-42-32-18-8-7-13-29(32)23-26-37(42)49-48(50-45)52-38-21-11-9-19-33(38)34-24-27-39-43(46(34)52)36-25-28-41-44(35-20-10-12-22-40(35)53-41)47(36)51(39)31-16-5-2-6-17-31/h1-28H. The summed E-state index contributed by atoms with van der Waals surface area (Å²) in [6.07, 6.45) is 0. The van der Waals surface area contributed by atoms with Crippen LogP contribution >= 0.6 is 0 Å². The molecule has 12 aromatic rings. The molecule has 5 nitrogen and oxygen atoms in total. The Bertz CT molecular complexity index is 3450. The molecule has 0 amide bonds. The highest BCUT2D eigenvalue weighted by atomic mass is 16.3. The molecule has 0 aliphatic rings. The van der Waals surface area contributed by atoms with Gasteiger partial charge in [0.1, 0.15) is 11.2 Å². The number of aromatic nitrogens is 4. The van der Waals surface area contributed by atoms with Crippen LogP contribution in [0.2, 0.25) is 0 Å². The first-order valence-electron chi connectivity index (χ1n) is 17.9. The molecule has 53 heavy (non-hydrogen) atoms. The molecular formula is C48H28N4O. The number of rotatable bonds is 3. The molecule has 246 valence electrons. The van der Waals surface area contributed by atoms with E-state index in [-0.39, 0.29) is 0 Å². The van der Waals surface area contributed by atoms with Gasteiger partial charge in [-0.25, -0.2) is 9.97 Å². The van der Waals surface area contributed by atoms with Gasteiger partial charge in [0.05, 0.1) is 38.7 Å². The minimum atomic E-state index is 0.640. The molecule has 5 heteroatoms. The van der Waals surface area contributed by atoms with Crippen LogP contribution < -0.4 is 0 Å².